The predicted octanol–water partition coefficient (Wildman–Crippen LogP) is -1.67. The molecule has 0 saturated carbocycles. The topological polar surface area (TPSA) is 144 Å². The Balaban J connectivity index is 5.15. The zero-order valence-corrected chi connectivity index (χ0v) is 9.12. The van der Waals surface area contributed by atoms with Crippen LogP contribution in [-0.2, 0) is 14.4 Å². The molecular formula is C6H10N2O5S2. The van der Waals surface area contributed by atoms with Crippen LogP contribution >= 0.6 is 22.5 Å². The van der Waals surface area contributed by atoms with Crippen LogP contribution in [0.2, 0.25) is 0 Å². The van der Waals surface area contributed by atoms with Gasteiger partial charge in [0.25, 0.3) is 0 Å². The molecule has 0 fully saturated rings. The molecule has 2 atom stereocenters. The molecule has 0 radical (unpaired) electrons. The first-order valence-electron chi connectivity index (χ1n) is 3.58. The monoisotopic (exact) mass is 254 g/mol. The first-order valence-corrected chi connectivity index (χ1v) is 5.62. The van der Waals surface area contributed by atoms with Gasteiger partial charge in [-0.3, -0.25) is 9.59 Å². The minimum Gasteiger partial charge on any atom is -0.480 e. The SMILES string of the molecule is NC(C(=O)O)C(N)(C(=O)O)C(=O)CSS. The number of thiol groups is 1. The minimum absolute atomic E-state index is 0.340. The summed E-state index contributed by atoms with van der Waals surface area (Å²) < 4.78 is 0. The van der Waals surface area contributed by atoms with Crippen LogP contribution in [0.5, 0.6) is 0 Å². The van der Waals surface area contributed by atoms with Crippen molar-refractivity contribution in [1.82, 2.24) is 0 Å². The number of carboxylic acid groups (broad SMARTS) is 2. The fourth-order valence-corrected chi connectivity index (χ4v) is 1.51. The van der Waals surface area contributed by atoms with Gasteiger partial charge in [0, 0.05) is 0 Å². The van der Waals surface area contributed by atoms with E-state index in [-0.39, 0.29) is 5.75 Å². The number of carboxylic acids is 2. The molecular weight excluding hydrogens is 244 g/mol. The Morgan fingerprint density at radius 2 is 1.87 bits per heavy atom. The molecule has 0 aliphatic rings. The summed E-state index contributed by atoms with van der Waals surface area (Å²) in [5, 5.41) is 17.3. The van der Waals surface area contributed by atoms with Crippen LogP contribution in [0.25, 0.3) is 0 Å². The third kappa shape index (κ3) is 2.84. The Bertz CT molecular complexity index is 297. The second-order valence-corrected chi connectivity index (χ2v) is 4.01. The van der Waals surface area contributed by atoms with Gasteiger partial charge in [0.15, 0.2) is 11.3 Å². The van der Waals surface area contributed by atoms with Gasteiger partial charge < -0.3 is 21.7 Å². The second kappa shape index (κ2) is 5.35. The van der Waals surface area contributed by atoms with Gasteiger partial charge in [0.1, 0.15) is 6.04 Å². The summed E-state index contributed by atoms with van der Waals surface area (Å²) in [7, 11) is 0.736. The molecule has 0 aromatic carbocycles. The Labute approximate surface area is 94.0 Å². The fourth-order valence-electron chi connectivity index (χ4n) is 0.799. The van der Waals surface area contributed by atoms with Gasteiger partial charge in [-0.05, 0) is 0 Å². The third-order valence-electron chi connectivity index (χ3n) is 1.77. The van der Waals surface area contributed by atoms with Crippen molar-refractivity contribution in [3.05, 3.63) is 0 Å². The van der Waals surface area contributed by atoms with E-state index >= 15 is 0 Å². The van der Waals surface area contributed by atoms with E-state index in [1.165, 1.54) is 0 Å². The number of rotatable bonds is 6. The maximum Gasteiger partial charge on any atom is 0.333 e. The predicted molar refractivity (Wildman–Crippen MR) is 56.6 cm³/mol. The van der Waals surface area contributed by atoms with E-state index in [2.05, 4.69) is 11.7 Å². The smallest absolute Gasteiger partial charge is 0.333 e. The van der Waals surface area contributed by atoms with Crippen LogP contribution in [0.15, 0.2) is 0 Å². The highest BCUT2D eigenvalue weighted by Crippen LogP contribution is 2.14. The van der Waals surface area contributed by atoms with Crippen LogP contribution < -0.4 is 11.5 Å². The van der Waals surface area contributed by atoms with Crippen LogP contribution in [-0.4, -0.2) is 45.3 Å². The van der Waals surface area contributed by atoms with Gasteiger partial charge in [0.05, 0.1) is 5.75 Å². The lowest BCUT2D eigenvalue weighted by Crippen LogP contribution is -2.69. The van der Waals surface area contributed by atoms with Gasteiger partial charge in [-0.15, -0.1) is 11.7 Å². The van der Waals surface area contributed by atoms with Gasteiger partial charge in [0.2, 0.25) is 0 Å². The number of Topliss-reactive ketones (excluding diaryl/α,β-unsaturated/α-hetero) is 1. The summed E-state index contributed by atoms with van der Waals surface area (Å²) in [5.74, 6) is -4.76. The number of hydrogen-bond donors (Lipinski definition) is 5. The van der Waals surface area contributed by atoms with Crippen LogP contribution in [0, 0.1) is 0 Å². The third-order valence-corrected chi connectivity index (χ3v) is 2.55. The van der Waals surface area contributed by atoms with Gasteiger partial charge in [-0.25, -0.2) is 4.79 Å². The Hall–Kier alpha value is -0.770. The minimum atomic E-state index is -2.62. The second-order valence-electron chi connectivity index (χ2n) is 2.69. The largest absolute Gasteiger partial charge is 0.480 e. The molecule has 0 amide bonds. The molecule has 0 saturated heterocycles. The standard InChI is InChI=1S/C6H10N2O5S2/c7-3(4(10)11)6(8,5(12)13)2(9)1-15-14/h3,14H,1,7-8H2,(H,10,11)(H,12,13). The van der Waals surface area contributed by atoms with Crippen molar-refractivity contribution in [3.8, 4) is 0 Å². The summed E-state index contributed by atoms with van der Waals surface area (Å²) in [5.41, 5.74) is 7.66. The normalized spacial score (nSPS) is 16.5. The molecule has 7 nitrogen and oxygen atoms in total. The zero-order chi connectivity index (χ0) is 12.2. The molecule has 0 heterocycles. The zero-order valence-electron chi connectivity index (χ0n) is 7.41. The first kappa shape index (κ1) is 14.2. The number of carbonyl (C=O) groups is 3. The van der Waals surface area contributed by atoms with E-state index in [1.807, 2.05) is 0 Å². The summed E-state index contributed by atoms with van der Waals surface area (Å²) in [6, 6.07) is -2.00. The van der Waals surface area contributed by atoms with Crippen molar-refractivity contribution in [1.29, 1.82) is 0 Å². The number of carbonyl (C=O) groups excluding carboxylic acids is 1. The lowest BCUT2D eigenvalue weighted by molar-refractivity contribution is -0.155. The molecule has 6 N–H and O–H groups in total. The van der Waals surface area contributed by atoms with E-state index in [9.17, 15) is 14.4 Å². The fraction of sp³-hybridized carbons (Fsp3) is 0.500. The first-order chi connectivity index (χ1) is 6.78. The van der Waals surface area contributed by atoms with E-state index in [0.29, 0.717) is 0 Å². The molecule has 0 bridgehead atoms. The molecule has 2 unspecified atom stereocenters. The van der Waals surface area contributed by atoms with Crippen molar-refractivity contribution >= 4 is 40.2 Å². The average Bonchev–Trinajstić information content (AvgIpc) is 2.15. The average molecular weight is 254 g/mol. The van der Waals surface area contributed by atoms with E-state index < -0.39 is 29.3 Å². The van der Waals surface area contributed by atoms with E-state index in [0.717, 1.165) is 10.8 Å². The molecule has 0 aromatic rings. The van der Waals surface area contributed by atoms with Crippen molar-refractivity contribution in [3.63, 3.8) is 0 Å². The highest BCUT2D eigenvalue weighted by atomic mass is 33.1. The van der Waals surface area contributed by atoms with Gasteiger partial charge in [-0.1, -0.05) is 10.8 Å². The van der Waals surface area contributed by atoms with Crippen molar-refractivity contribution in [2.45, 2.75) is 11.6 Å². The summed E-state index contributed by atoms with van der Waals surface area (Å²) in [6.07, 6.45) is 0. The van der Waals surface area contributed by atoms with Crippen molar-refractivity contribution in [2.75, 3.05) is 5.75 Å². The molecule has 0 aliphatic carbocycles. The Morgan fingerprint density at radius 1 is 1.40 bits per heavy atom. The Kier molecular flexibility index (Phi) is 5.08. The molecule has 86 valence electrons. The molecule has 0 aliphatic heterocycles. The molecule has 0 aromatic heterocycles. The van der Waals surface area contributed by atoms with Crippen molar-refractivity contribution in [2.24, 2.45) is 11.5 Å². The van der Waals surface area contributed by atoms with Gasteiger partial charge in [-0.2, -0.15) is 0 Å². The van der Waals surface area contributed by atoms with Crippen LogP contribution in [0.4, 0.5) is 0 Å². The van der Waals surface area contributed by atoms with E-state index in [1.54, 1.807) is 0 Å². The molecule has 0 spiro atoms. The molecule has 15 heavy (non-hydrogen) atoms. The van der Waals surface area contributed by atoms with Crippen LogP contribution in [0.3, 0.4) is 0 Å². The highest BCUT2D eigenvalue weighted by Gasteiger charge is 2.50. The number of ketones is 1. The van der Waals surface area contributed by atoms with E-state index in [4.69, 9.17) is 21.7 Å². The number of hydrogen-bond acceptors (Lipinski definition) is 7. The maximum absolute atomic E-state index is 11.3. The van der Waals surface area contributed by atoms with Gasteiger partial charge >= 0.3 is 11.9 Å². The highest BCUT2D eigenvalue weighted by molar-refractivity contribution is 8.68. The van der Waals surface area contributed by atoms with Crippen LogP contribution in [0.1, 0.15) is 0 Å². The molecule has 9 heteroatoms. The summed E-state index contributed by atoms with van der Waals surface area (Å²) in [6.45, 7) is 0. The molecule has 0 rings (SSSR count). The number of nitrogens with two attached hydrogens (primary N) is 2. The summed E-state index contributed by atoms with van der Waals surface area (Å²) >= 11 is 3.64. The lowest BCUT2D eigenvalue weighted by atomic mass is 9.88. The summed E-state index contributed by atoms with van der Waals surface area (Å²) in [4.78, 5) is 32.6. The quantitative estimate of drug-likeness (QED) is 0.215. The number of aliphatic carboxylic acids is 2. The Morgan fingerprint density at radius 3 is 2.13 bits per heavy atom. The lowest BCUT2D eigenvalue weighted by Gasteiger charge is -2.26. The maximum atomic E-state index is 11.3. The van der Waals surface area contributed by atoms with Crippen molar-refractivity contribution < 1.29 is 24.6 Å².